The first-order valence-electron chi connectivity index (χ1n) is 37.8. The number of hydrogen-bond donors (Lipinski definition) is 2. The summed E-state index contributed by atoms with van der Waals surface area (Å²) in [6.45, 7) is 1.45. The molecule has 46 heteroatoms. The van der Waals surface area contributed by atoms with Crippen molar-refractivity contribution in [1.29, 1.82) is 15.8 Å². The lowest BCUT2D eigenvalue weighted by Gasteiger charge is -2.52. The Bertz CT molecular complexity index is 5970. The Morgan fingerprint density at radius 1 is 0.395 bits per heavy atom. The second-order valence-electron chi connectivity index (χ2n) is 30.2. The minimum absolute atomic E-state index is 0.151. The molecule has 11 atom stereocenters. The third-order valence-electron chi connectivity index (χ3n) is 22.5. The second-order valence-corrected chi connectivity index (χ2v) is 38.6. The third-order valence-corrected chi connectivity index (χ3v) is 31.6. The zero-order valence-electron chi connectivity index (χ0n) is 66.8. The van der Waals surface area contributed by atoms with Crippen LogP contribution >= 0.6 is 0 Å². The predicted octanol–water partition coefficient (Wildman–Crippen LogP) is 16.2. The number of aliphatic hydroxyl groups excluding tert-OH is 2. The second kappa shape index (κ2) is 36.7. The van der Waals surface area contributed by atoms with Crippen LogP contribution in [0.2, 0.25) is 0 Å². The molecule has 0 saturated carbocycles. The minimum Gasteiger partial charge on any atom is -0.490 e. The highest BCUT2D eigenvalue weighted by Crippen LogP contribution is 2.60. The lowest BCUT2D eigenvalue weighted by molar-refractivity contribution is -0.191. The van der Waals surface area contributed by atoms with Crippen molar-refractivity contribution < 1.29 is 174 Å². The topological polar surface area (TPSA) is 331 Å². The van der Waals surface area contributed by atoms with Crippen LogP contribution < -0.4 is 18.9 Å². The van der Waals surface area contributed by atoms with Crippen LogP contribution in [0.5, 0.6) is 23.0 Å². The van der Waals surface area contributed by atoms with Crippen molar-refractivity contribution in [3.05, 3.63) is 237 Å². The molecule has 2 fully saturated rings. The number of hydrogen-bond acceptors (Lipinski definition) is 22. The zero-order chi connectivity index (χ0) is 95.3. The molecule has 2 saturated heterocycles. The van der Waals surface area contributed by atoms with E-state index in [2.05, 4.69) is 0 Å². The number of benzene rings is 8. The smallest absolute Gasteiger partial charge is 0.416 e. The van der Waals surface area contributed by atoms with Gasteiger partial charge in [-0.2, -0.15) is 68.5 Å². The van der Waals surface area contributed by atoms with E-state index in [1.165, 1.54) is 27.7 Å². The summed E-state index contributed by atoms with van der Waals surface area (Å²) >= 11 is 0. The van der Waals surface area contributed by atoms with Gasteiger partial charge in [-0.05, 0) is 180 Å². The quantitative estimate of drug-likeness (QED) is 0.0800. The molecule has 8 aromatic rings. The standard InChI is InChI=1S/2C21H18F5NO5S.C21H16F5NO4S.C20H17F5O5S/c2*1-20(11-27,32-9-8-28)14-10-31-18-16(23)7-6-15(22)17(18)19(14)33(29,30)13-4-2-12(3-5-13)21(24,25)26;1-19(11-27)16-10-30-18-15(23)7-6-14(22)17(18)20(16,8-9-31-19)32(28,29)13-4-2-12(3-5-13)21(24,25)26;1-19(29-8-9-30-19)13-10-28-17-15(22)7-6-14(21)16(17)18(13)31(26,27)12-4-2-11(3-5-12)20(23,24)25/h2*2-7,14,19,28H,8-10H2,1H3;2-7,16H,8-10H2,1H3;2-7,13,18H,8-10H2,1H3/t14-,19+,20+;14-,19+,20-;16-,19-,20-;13-,18+/m1101/s1. The van der Waals surface area contributed by atoms with E-state index in [1.54, 1.807) is 12.1 Å². The van der Waals surface area contributed by atoms with Crippen molar-refractivity contribution in [2.45, 2.75) is 121 Å². The molecule has 0 radical (unpaired) electrons. The normalized spacial score (nSPS) is 22.8. The first-order valence-corrected chi connectivity index (χ1v) is 43.9. The molecule has 6 heterocycles. The molecular formula is C83H69F20N3O19S4. The molecule has 6 aliphatic rings. The van der Waals surface area contributed by atoms with Gasteiger partial charge in [0.25, 0.3) is 0 Å². The molecule has 8 aromatic carbocycles. The molecule has 6 aliphatic heterocycles. The number of sulfone groups is 4. The summed E-state index contributed by atoms with van der Waals surface area (Å²) in [7, 11) is -18.6. The lowest BCUT2D eigenvalue weighted by Crippen LogP contribution is -2.61. The van der Waals surface area contributed by atoms with Gasteiger partial charge in [0, 0.05) is 0 Å². The summed E-state index contributed by atoms with van der Waals surface area (Å²) < 4.78 is 428. The van der Waals surface area contributed by atoms with E-state index >= 15 is 4.39 Å². The van der Waals surface area contributed by atoms with Crippen LogP contribution in [0.3, 0.4) is 0 Å². The molecule has 0 aliphatic carbocycles. The summed E-state index contributed by atoms with van der Waals surface area (Å²) in [5.74, 6) is -17.7. The maximum atomic E-state index is 15.1. The number of fused-ring (bicyclic) bond motifs is 6. The molecule has 22 nitrogen and oxygen atoms in total. The molecule has 0 unspecified atom stereocenters. The number of ether oxygens (including phenoxy) is 9. The molecule has 0 aromatic heterocycles. The van der Waals surface area contributed by atoms with E-state index in [1.807, 2.05) is 6.07 Å². The van der Waals surface area contributed by atoms with E-state index in [0.717, 1.165) is 60.7 Å². The number of alkyl halides is 12. The summed E-state index contributed by atoms with van der Waals surface area (Å²) in [6, 6.07) is 22.0. The van der Waals surface area contributed by atoms with Gasteiger partial charge in [0.2, 0.25) is 0 Å². The molecule has 0 amide bonds. The van der Waals surface area contributed by atoms with Crippen LogP contribution in [-0.2, 0) is 92.5 Å². The maximum absolute atomic E-state index is 15.1. The van der Waals surface area contributed by atoms with Crippen LogP contribution in [0.25, 0.3) is 0 Å². The molecular weight excluding hydrogens is 1850 g/mol. The van der Waals surface area contributed by atoms with Crippen LogP contribution in [-0.4, -0.2) is 139 Å². The van der Waals surface area contributed by atoms with Crippen molar-refractivity contribution in [3.8, 4) is 41.2 Å². The highest BCUT2D eigenvalue weighted by Gasteiger charge is 2.66. The fourth-order valence-electron chi connectivity index (χ4n) is 15.9. The minimum atomic E-state index is -4.72. The van der Waals surface area contributed by atoms with Gasteiger partial charge in [0.05, 0.1) is 179 Å². The Morgan fingerprint density at radius 2 is 0.698 bits per heavy atom. The van der Waals surface area contributed by atoms with Crippen LogP contribution in [0, 0.1) is 104 Å². The maximum Gasteiger partial charge on any atom is 0.416 e. The van der Waals surface area contributed by atoms with Gasteiger partial charge in [0.15, 0.2) is 108 Å². The molecule has 0 spiro atoms. The summed E-state index contributed by atoms with van der Waals surface area (Å²) in [5.41, 5.74) is -12.5. The van der Waals surface area contributed by atoms with Gasteiger partial charge in [0.1, 0.15) is 43.8 Å². The largest absolute Gasteiger partial charge is 0.490 e. The number of nitriles is 3. The molecule has 14 rings (SSSR count). The van der Waals surface area contributed by atoms with E-state index in [0.29, 0.717) is 84.9 Å². The highest BCUT2D eigenvalue weighted by atomic mass is 32.2. The number of halogens is 20. The Hall–Kier alpha value is -10.5. The van der Waals surface area contributed by atoms with E-state index in [9.17, 15) is 133 Å². The first-order chi connectivity index (χ1) is 60.1. The number of rotatable bonds is 17. The SMILES string of the molecule is CC1([C@@H]2COc3c(F)ccc(F)c3[C@H]2S(=O)(=O)c2ccc(C(F)(F)F)cc2)OCCO1.C[C@@](C#N)(OCCO)[C@@H]1COc2c(F)ccc(F)c2[C@H]1S(=O)(=O)c1ccc(C(F)(F)F)cc1.C[C@@]1(C#N)OCC[C@@]2(S(=O)(=O)c3ccc(C(F)(F)F)cc3)c3c(F)ccc(F)c3OC[C@@H]12.C[C@](C#N)(OCCO)[C@@H]1COc2c(F)ccc(F)c2[C@H]1S(=O)(=O)c1ccc(C(F)(F)F)cc1. The fourth-order valence-corrected chi connectivity index (χ4v) is 24.6. The van der Waals surface area contributed by atoms with Gasteiger partial charge in [-0.3, -0.25) is 0 Å². The van der Waals surface area contributed by atoms with Crippen molar-refractivity contribution in [3.63, 3.8) is 0 Å². The molecule has 0 bridgehead atoms. The molecule has 2 N–H and O–H groups in total. The van der Waals surface area contributed by atoms with Gasteiger partial charge in [-0.25, -0.2) is 68.8 Å². The molecule has 694 valence electrons. The van der Waals surface area contributed by atoms with Crippen LogP contribution in [0.1, 0.15) is 94.4 Å². The number of nitrogens with zero attached hydrogens (tertiary/aromatic N) is 3. The molecule has 129 heavy (non-hydrogen) atoms. The Balaban J connectivity index is 0.000000166. The number of aliphatic hydroxyl groups is 2. The van der Waals surface area contributed by atoms with Gasteiger partial charge in [-0.15, -0.1) is 0 Å². The van der Waals surface area contributed by atoms with Crippen molar-refractivity contribution >= 4 is 39.3 Å². The fraction of sp³-hybridized carbons (Fsp3) is 0.386. The van der Waals surface area contributed by atoms with Gasteiger partial charge in [-0.1, -0.05) is 0 Å². The Morgan fingerprint density at radius 3 is 1.03 bits per heavy atom. The van der Waals surface area contributed by atoms with E-state index in [-0.39, 0.29) is 46.1 Å². The van der Waals surface area contributed by atoms with Crippen molar-refractivity contribution in [2.24, 2.45) is 23.7 Å². The summed E-state index contributed by atoms with van der Waals surface area (Å²) in [5, 5.41) is 41.7. The predicted molar refractivity (Wildman–Crippen MR) is 405 cm³/mol. The van der Waals surface area contributed by atoms with E-state index in [4.69, 9.17) is 52.8 Å². The van der Waals surface area contributed by atoms with Crippen molar-refractivity contribution in [2.75, 3.05) is 72.7 Å². The Kier molecular flexibility index (Phi) is 28.2. The van der Waals surface area contributed by atoms with Crippen LogP contribution in [0.15, 0.2) is 165 Å². The summed E-state index contributed by atoms with van der Waals surface area (Å²) in [6.07, 6.45) is -19.1. The average molecular weight is 1920 g/mol. The Labute approximate surface area is 721 Å². The van der Waals surface area contributed by atoms with Crippen molar-refractivity contribution in [1.82, 2.24) is 0 Å². The van der Waals surface area contributed by atoms with Gasteiger partial charge < -0.3 is 52.8 Å². The first kappa shape index (κ1) is 99.1. The zero-order valence-corrected chi connectivity index (χ0v) is 70.0. The van der Waals surface area contributed by atoms with E-state index < -0.39 is 297 Å². The van der Waals surface area contributed by atoms with Gasteiger partial charge >= 0.3 is 24.7 Å². The monoisotopic (exact) mass is 1920 g/mol. The lowest BCUT2D eigenvalue weighted by atomic mass is 9.71. The third kappa shape index (κ3) is 18.9. The average Bonchev–Trinajstić information content (AvgIpc) is 0.828. The van der Waals surface area contributed by atoms with Crippen LogP contribution in [0.4, 0.5) is 87.8 Å². The highest BCUT2D eigenvalue weighted by molar-refractivity contribution is 7.93. The summed E-state index contributed by atoms with van der Waals surface area (Å²) in [4.78, 5) is -2.18.